The van der Waals surface area contributed by atoms with Gasteiger partial charge in [0, 0.05) is 13.2 Å². The van der Waals surface area contributed by atoms with Crippen LogP contribution in [-0.4, -0.2) is 46.6 Å². The van der Waals surface area contributed by atoms with Gasteiger partial charge in [0.25, 0.3) is 0 Å². The lowest BCUT2D eigenvalue weighted by molar-refractivity contribution is 0.197. The van der Waals surface area contributed by atoms with Crippen LogP contribution in [0.1, 0.15) is 52.5 Å². The largest absolute Gasteiger partial charge is 0.336 e. The van der Waals surface area contributed by atoms with Crippen molar-refractivity contribution >= 4 is 24.3 Å². The molecule has 1 fully saturated rings. The molecule has 3 heterocycles. The van der Waals surface area contributed by atoms with Crippen LogP contribution in [0.2, 0.25) is 0 Å². The highest BCUT2D eigenvalue weighted by Crippen LogP contribution is 2.53. The van der Waals surface area contributed by atoms with Gasteiger partial charge in [-0.15, -0.1) is 0 Å². The van der Waals surface area contributed by atoms with E-state index in [0.29, 0.717) is 5.92 Å². The van der Waals surface area contributed by atoms with Crippen molar-refractivity contribution in [1.29, 1.82) is 0 Å². The van der Waals surface area contributed by atoms with Crippen molar-refractivity contribution in [3.8, 4) is 0 Å². The highest BCUT2D eigenvalue weighted by atomic mass is 32.1. The number of hydrogen-bond acceptors (Lipinski definition) is 5. The number of benzene rings is 1. The molecule has 33 heavy (non-hydrogen) atoms. The zero-order valence-electron chi connectivity index (χ0n) is 19.9. The van der Waals surface area contributed by atoms with Crippen LogP contribution in [0.4, 0.5) is 0 Å². The molecule has 5 rings (SSSR count). The molecule has 0 saturated carbocycles. The third kappa shape index (κ3) is 3.74. The molecule has 172 valence electrons. The van der Waals surface area contributed by atoms with Gasteiger partial charge in [0.05, 0.1) is 34.7 Å². The Balaban J connectivity index is 1.77. The quantitative estimate of drug-likeness (QED) is 0.566. The zero-order valence-corrected chi connectivity index (χ0v) is 20.8. The molecule has 2 aliphatic rings. The first-order valence-electron chi connectivity index (χ1n) is 11.8. The van der Waals surface area contributed by atoms with E-state index in [9.17, 15) is 0 Å². The fraction of sp³-hybridized carbons (Fsp3) is 0.407. The molecule has 1 aliphatic heterocycles. The standard InChI is InChI=1S/C27H33N5S/c1-18-7-8-23-21(14-18)22(25(28-2)24-16-29-17-32(24)4)15-19-6-5-11-30-26(19)27(23,33)20-9-12-31(3)13-10-20/h5-8,11,14-17,20,25,28,33H,9-10,12-13H2,1-4H3. The number of nitrogens with one attached hydrogen (secondary N) is 1. The minimum absolute atomic E-state index is 0.000668. The number of thiol groups is 1. The number of piperidine rings is 1. The molecule has 2 atom stereocenters. The van der Waals surface area contributed by atoms with Gasteiger partial charge >= 0.3 is 0 Å². The number of aromatic nitrogens is 3. The maximum atomic E-state index is 5.57. The van der Waals surface area contributed by atoms with E-state index < -0.39 is 4.75 Å². The molecule has 6 heteroatoms. The topological polar surface area (TPSA) is 46.0 Å². The number of likely N-dealkylation sites (N-methyl/N-ethyl adjacent to an activating group) is 1. The number of fused-ring (bicyclic) bond motifs is 2. The lowest BCUT2D eigenvalue weighted by atomic mass is 9.74. The summed E-state index contributed by atoms with van der Waals surface area (Å²) in [5, 5.41) is 3.57. The number of hydrogen-bond donors (Lipinski definition) is 2. The Morgan fingerprint density at radius 3 is 2.67 bits per heavy atom. The van der Waals surface area contributed by atoms with Crippen LogP contribution in [0.25, 0.3) is 11.6 Å². The van der Waals surface area contributed by atoms with Gasteiger partial charge in [0.1, 0.15) is 0 Å². The lowest BCUT2D eigenvalue weighted by Crippen LogP contribution is -2.41. The van der Waals surface area contributed by atoms with Crippen LogP contribution >= 0.6 is 12.6 Å². The van der Waals surface area contributed by atoms with Gasteiger partial charge in [-0.05, 0) is 87.3 Å². The lowest BCUT2D eigenvalue weighted by Gasteiger charge is -2.42. The van der Waals surface area contributed by atoms with Crippen LogP contribution in [0.15, 0.2) is 49.1 Å². The minimum atomic E-state index is -0.454. The van der Waals surface area contributed by atoms with Gasteiger partial charge in [-0.25, -0.2) is 4.98 Å². The number of imidazole rings is 1. The second-order valence-electron chi connectivity index (χ2n) is 9.58. The van der Waals surface area contributed by atoms with Crippen molar-refractivity contribution in [1.82, 2.24) is 24.8 Å². The average Bonchev–Trinajstić information content (AvgIpc) is 3.20. The first-order chi connectivity index (χ1) is 15.9. The first-order valence-corrected chi connectivity index (χ1v) is 12.2. The molecule has 2 unspecified atom stereocenters. The molecule has 0 bridgehead atoms. The molecule has 0 radical (unpaired) electrons. The Hall–Kier alpha value is -2.41. The van der Waals surface area contributed by atoms with Gasteiger partial charge in [-0.3, -0.25) is 4.98 Å². The minimum Gasteiger partial charge on any atom is -0.336 e. The second-order valence-corrected chi connectivity index (χ2v) is 10.3. The van der Waals surface area contributed by atoms with Crippen molar-refractivity contribution in [3.05, 3.63) is 82.7 Å². The molecule has 1 aliphatic carbocycles. The van der Waals surface area contributed by atoms with E-state index in [1.54, 1.807) is 0 Å². The molecular weight excluding hydrogens is 426 g/mol. The number of pyridine rings is 1. The molecule has 0 amide bonds. The highest BCUT2D eigenvalue weighted by molar-refractivity contribution is 7.81. The fourth-order valence-corrected chi connectivity index (χ4v) is 6.28. The van der Waals surface area contributed by atoms with Crippen molar-refractivity contribution in [3.63, 3.8) is 0 Å². The smallest absolute Gasteiger partial charge is 0.0946 e. The molecule has 1 aromatic carbocycles. The Morgan fingerprint density at radius 2 is 1.97 bits per heavy atom. The van der Waals surface area contributed by atoms with E-state index in [4.69, 9.17) is 17.6 Å². The van der Waals surface area contributed by atoms with E-state index in [1.165, 1.54) is 22.3 Å². The Bertz CT molecular complexity index is 1190. The van der Waals surface area contributed by atoms with Crippen LogP contribution in [-0.2, 0) is 11.8 Å². The third-order valence-corrected chi connectivity index (χ3v) is 8.28. The summed E-state index contributed by atoms with van der Waals surface area (Å²) < 4.78 is 1.64. The summed E-state index contributed by atoms with van der Waals surface area (Å²) in [6.07, 6.45) is 10.3. The SMILES string of the molecule is CNC(C1=Cc2cccnc2C(S)(C2CCN(C)CC2)c2ccc(C)cc21)c1cncn1C. The van der Waals surface area contributed by atoms with E-state index in [0.717, 1.165) is 42.9 Å². The van der Waals surface area contributed by atoms with E-state index in [1.807, 2.05) is 31.8 Å². The van der Waals surface area contributed by atoms with Gasteiger partial charge in [0.15, 0.2) is 0 Å². The number of aryl methyl sites for hydroxylation is 2. The van der Waals surface area contributed by atoms with Gasteiger partial charge in [-0.2, -0.15) is 12.6 Å². The Labute approximate surface area is 202 Å². The summed E-state index contributed by atoms with van der Waals surface area (Å²) in [6.45, 7) is 4.35. The van der Waals surface area contributed by atoms with E-state index in [2.05, 4.69) is 71.1 Å². The summed E-state index contributed by atoms with van der Waals surface area (Å²) in [5.41, 5.74) is 8.35. The summed E-state index contributed by atoms with van der Waals surface area (Å²) in [6, 6.07) is 11.1. The van der Waals surface area contributed by atoms with Crippen molar-refractivity contribution in [2.75, 3.05) is 27.2 Å². The maximum absolute atomic E-state index is 5.57. The first kappa shape index (κ1) is 22.4. The number of nitrogens with zero attached hydrogens (tertiary/aromatic N) is 4. The van der Waals surface area contributed by atoms with Crippen molar-refractivity contribution in [2.45, 2.75) is 30.6 Å². The Kier molecular flexibility index (Phi) is 5.93. The van der Waals surface area contributed by atoms with E-state index in [-0.39, 0.29) is 6.04 Å². The van der Waals surface area contributed by atoms with Crippen LogP contribution in [0.3, 0.4) is 0 Å². The fourth-order valence-electron chi connectivity index (χ4n) is 5.64. The number of likely N-dealkylation sites (tertiary alicyclic amines) is 1. The van der Waals surface area contributed by atoms with Crippen molar-refractivity contribution < 1.29 is 0 Å². The number of rotatable bonds is 4. The van der Waals surface area contributed by atoms with Gasteiger partial charge < -0.3 is 14.8 Å². The average molecular weight is 460 g/mol. The molecule has 2 aromatic heterocycles. The molecule has 1 saturated heterocycles. The van der Waals surface area contributed by atoms with Crippen LogP contribution in [0, 0.1) is 12.8 Å². The molecule has 5 nitrogen and oxygen atoms in total. The second kappa shape index (κ2) is 8.75. The van der Waals surface area contributed by atoms with Gasteiger partial charge in [-0.1, -0.05) is 29.8 Å². The Morgan fingerprint density at radius 1 is 1.18 bits per heavy atom. The monoisotopic (exact) mass is 459 g/mol. The summed E-state index contributed by atoms with van der Waals surface area (Å²) in [7, 11) is 6.29. The normalized spacial score (nSPS) is 22.3. The molecule has 0 spiro atoms. The predicted octanol–water partition coefficient (Wildman–Crippen LogP) is 4.45. The molecular formula is C27H33N5S. The summed E-state index contributed by atoms with van der Waals surface area (Å²) in [4.78, 5) is 11.8. The van der Waals surface area contributed by atoms with Crippen LogP contribution < -0.4 is 5.32 Å². The van der Waals surface area contributed by atoms with Crippen LogP contribution in [0.5, 0.6) is 0 Å². The summed E-state index contributed by atoms with van der Waals surface area (Å²) in [5.74, 6) is 0.407. The van der Waals surface area contributed by atoms with Crippen molar-refractivity contribution in [2.24, 2.45) is 13.0 Å². The zero-order chi connectivity index (χ0) is 23.2. The molecule has 3 aromatic rings. The molecule has 1 N–H and O–H groups in total. The van der Waals surface area contributed by atoms with E-state index >= 15 is 0 Å². The summed E-state index contributed by atoms with van der Waals surface area (Å²) >= 11 is 5.57. The highest BCUT2D eigenvalue weighted by Gasteiger charge is 2.45. The maximum Gasteiger partial charge on any atom is 0.0946 e. The van der Waals surface area contributed by atoms with Gasteiger partial charge in [0.2, 0.25) is 0 Å². The third-order valence-electron chi connectivity index (χ3n) is 7.47. The predicted molar refractivity (Wildman–Crippen MR) is 138 cm³/mol.